The van der Waals surface area contributed by atoms with Gasteiger partial charge in [-0.05, 0) is 23.8 Å². The van der Waals surface area contributed by atoms with Crippen LogP contribution in [0.25, 0.3) is 0 Å². The lowest BCUT2D eigenvalue weighted by Gasteiger charge is -2.13. The van der Waals surface area contributed by atoms with E-state index >= 15 is 0 Å². The number of halogens is 1. The Labute approximate surface area is 153 Å². The molecule has 0 aliphatic carbocycles. The summed E-state index contributed by atoms with van der Waals surface area (Å²) >= 11 is 0. The number of aliphatic imine (C=N–C) groups is 1. The molecule has 6 heteroatoms. The van der Waals surface area contributed by atoms with E-state index in [-0.39, 0.29) is 29.7 Å². The van der Waals surface area contributed by atoms with E-state index in [9.17, 15) is 5.11 Å². The van der Waals surface area contributed by atoms with Crippen LogP contribution >= 0.6 is 24.0 Å². The Hall–Kier alpha value is -1.96. The zero-order chi connectivity index (χ0) is 15.8. The van der Waals surface area contributed by atoms with Crippen LogP contribution in [0, 0.1) is 0 Å². The fraction of sp³-hybridized carbons (Fsp3) is 0.235. The molecule has 0 bridgehead atoms. The van der Waals surface area contributed by atoms with Gasteiger partial charge in [0, 0.05) is 25.7 Å². The van der Waals surface area contributed by atoms with Gasteiger partial charge in [-0.15, -0.1) is 24.0 Å². The van der Waals surface area contributed by atoms with Crippen LogP contribution in [0.5, 0.6) is 11.5 Å². The Bertz CT molecular complexity index is 633. The van der Waals surface area contributed by atoms with Gasteiger partial charge in [0.25, 0.3) is 0 Å². The first-order valence-electron chi connectivity index (χ1n) is 7.07. The number of hydrogen-bond acceptors (Lipinski definition) is 3. The number of methoxy groups -OCH3 is 1. The van der Waals surface area contributed by atoms with Crippen LogP contribution in [0.4, 0.5) is 0 Å². The second-order valence-corrected chi connectivity index (χ2v) is 4.76. The van der Waals surface area contributed by atoms with E-state index in [4.69, 9.17) is 4.74 Å². The minimum Gasteiger partial charge on any atom is -0.508 e. The van der Waals surface area contributed by atoms with Gasteiger partial charge in [0.1, 0.15) is 11.5 Å². The highest BCUT2D eigenvalue weighted by molar-refractivity contribution is 14.0. The molecule has 3 N–H and O–H groups in total. The van der Waals surface area contributed by atoms with E-state index in [0.717, 1.165) is 5.56 Å². The molecule has 0 amide bonds. The van der Waals surface area contributed by atoms with Crippen LogP contribution < -0.4 is 15.4 Å². The van der Waals surface area contributed by atoms with Crippen LogP contribution in [0.1, 0.15) is 11.1 Å². The maximum Gasteiger partial charge on any atom is 0.191 e. The van der Waals surface area contributed by atoms with Gasteiger partial charge in [-0.1, -0.05) is 30.3 Å². The average Bonchev–Trinajstić information content (AvgIpc) is 2.57. The first kappa shape index (κ1) is 19.1. The number of ether oxygens (including phenoxy) is 1. The van der Waals surface area contributed by atoms with Crippen molar-refractivity contribution < 1.29 is 9.84 Å². The van der Waals surface area contributed by atoms with Crippen molar-refractivity contribution >= 4 is 29.9 Å². The predicted molar refractivity (Wildman–Crippen MR) is 104 cm³/mol. The largest absolute Gasteiger partial charge is 0.508 e. The number of phenolic OH excluding ortho intramolecular Hbond substituents is 1. The summed E-state index contributed by atoms with van der Waals surface area (Å²) in [5, 5.41) is 16.3. The highest BCUT2D eigenvalue weighted by Gasteiger charge is 2.05. The molecule has 0 unspecified atom stereocenters. The zero-order valence-electron chi connectivity index (χ0n) is 13.2. The molecule has 124 valence electrons. The lowest BCUT2D eigenvalue weighted by molar-refractivity contribution is 0.410. The molecule has 2 aromatic rings. The molecule has 0 aromatic heterocycles. The number of guanidine groups is 1. The monoisotopic (exact) mass is 427 g/mol. The number of phenols is 1. The van der Waals surface area contributed by atoms with Crippen molar-refractivity contribution in [3.63, 3.8) is 0 Å². The van der Waals surface area contributed by atoms with Gasteiger partial charge in [-0.3, -0.25) is 4.99 Å². The molecule has 0 heterocycles. The number of nitrogens with one attached hydrogen (secondary N) is 2. The van der Waals surface area contributed by atoms with Crippen molar-refractivity contribution in [2.45, 2.75) is 13.1 Å². The zero-order valence-corrected chi connectivity index (χ0v) is 15.6. The number of benzene rings is 2. The molecule has 0 atom stereocenters. The van der Waals surface area contributed by atoms with Crippen LogP contribution in [0.15, 0.2) is 53.5 Å². The van der Waals surface area contributed by atoms with Gasteiger partial charge in [-0.2, -0.15) is 0 Å². The summed E-state index contributed by atoms with van der Waals surface area (Å²) in [6.45, 7) is 1.14. The average molecular weight is 427 g/mol. The third-order valence-electron chi connectivity index (χ3n) is 3.26. The molecule has 0 radical (unpaired) electrons. The summed E-state index contributed by atoms with van der Waals surface area (Å²) in [6.07, 6.45) is 0. The van der Waals surface area contributed by atoms with E-state index in [1.165, 1.54) is 5.56 Å². The van der Waals surface area contributed by atoms with Gasteiger partial charge in [-0.25, -0.2) is 0 Å². The molecule has 0 aliphatic rings. The van der Waals surface area contributed by atoms with Crippen molar-refractivity contribution in [3.8, 4) is 11.5 Å². The molecular formula is C17H22IN3O2. The molecule has 23 heavy (non-hydrogen) atoms. The number of hydrogen-bond donors (Lipinski definition) is 3. The fourth-order valence-electron chi connectivity index (χ4n) is 2.01. The first-order valence-corrected chi connectivity index (χ1v) is 7.07. The summed E-state index contributed by atoms with van der Waals surface area (Å²) in [5.74, 6) is 1.61. The lowest BCUT2D eigenvalue weighted by Crippen LogP contribution is -2.36. The Balaban J connectivity index is 0.00000264. The van der Waals surface area contributed by atoms with E-state index in [0.29, 0.717) is 24.8 Å². The van der Waals surface area contributed by atoms with Crippen molar-refractivity contribution in [1.82, 2.24) is 10.6 Å². The van der Waals surface area contributed by atoms with Crippen LogP contribution in [-0.4, -0.2) is 25.2 Å². The molecule has 0 fully saturated rings. The number of nitrogens with zero attached hydrogens (tertiary/aromatic N) is 1. The second-order valence-electron chi connectivity index (χ2n) is 4.76. The van der Waals surface area contributed by atoms with Crippen molar-refractivity contribution in [3.05, 3.63) is 59.7 Å². The highest BCUT2D eigenvalue weighted by atomic mass is 127. The topological polar surface area (TPSA) is 65.9 Å². The maximum atomic E-state index is 9.87. The Morgan fingerprint density at radius 3 is 2.43 bits per heavy atom. The summed E-state index contributed by atoms with van der Waals surface area (Å²) in [4.78, 5) is 4.17. The minimum atomic E-state index is 0. The molecule has 2 aromatic carbocycles. The Morgan fingerprint density at radius 1 is 1.09 bits per heavy atom. The lowest BCUT2D eigenvalue weighted by atomic mass is 10.2. The highest BCUT2D eigenvalue weighted by Crippen LogP contribution is 2.22. The van der Waals surface area contributed by atoms with E-state index in [1.807, 2.05) is 30.3 Å². The van der Waals surface area contributed by atoms with Gasteiger partial charge in [0.05, 0.1) is 7.11 Å². The van der Waals surface area contributed by atoms with Gasteiger partial charge < -0.3 is 20.5 Å². The molecule has 0 aliphatic heterocycles. The molecule has 5 nitrogen and oxygen atoms in total. The van der Waals surface area contributed by atoms with E-state index < -0.39 is 0 Å². The Morgan fingerprint density at radius 2 is 1.78 bits per heavy atom. The van der Waals surface area contributed by atoms with Crippen LogP contribution in [0.2, 0.25) is 0 Å². The summed E-state index contributed by atoms with van der Waals surface area (Å²) in [7, 11) is 3.32. The first-order chi connectivity index (χ1) is 10.7. The third-order valence-corrected chi connectivity index (χ3v) is 3.26. The quantitative estimate of drug-likeness (QED) is 0.390. The van der Waals surface area contributed by atoms with Crippen molar-refractivity contribution in [2.24, 2.45) is 4.99 Å². The third kappa shape index (κ3) is 5.97. The smallest absolute Gasteiger partial charge is 0.191 e. The predicted octanol–water partition coefficient (Wildman–Crippen LogP) is 2.88. The van der Waals surface area contributed by atoms with Crippen LogP contribution in [-0.2, 0) is 13.1 Å². The summed E-state index contributed by atoms with van der Waals surface area (Å²) in [6, 6.07) is 15.2. The van der Waals surface area contributed by atoms with Gasteiger partial charge in [0.2, 0.25) is 0 Å². The second kappa shape index (κ2) is 9.94. The Kier molecular flexibility index (Phi) is 8.25. The molecule has 0 saturated heterocycles. The minimum absolute atomic E-state index is 0. The molecule has 0 spiro atoms. The van der Waals surface area contributed by atoms with Crippen molar-refractivity contribution in [2.75, 3.05) is 14.2 Å². The maximum absolute atomic E-state index is 9.87. The fourth-order valence-corrected chi connectivity index (χ4v) is 2.01. The van der Waals surface area contributed by atoms with Crippen LogP contribution in [0.3, 0.4) is 0 Å². The summed E-state index contributed by atoms with van der Waals surface area (Å²) < 4.78 is 5.16. The molecular weight excluding hydrogens is 405 g/mol. The summed E-state index contributed by atoms with van der Waals surface area (Å²) in [5.41, 5.74) is 1.93. The molecule has 2 rings (SSSR count). The number of aromatic hydroxyl groups is 1. The standard InChI is InChI=1S/C17H21N3O2.HI/c1-18-17(19-11-13-6-4-3-5-7-13)20-12-14-10-15(22-2)8-9-16(14)21;/h3-10,21H,11-12H2,1-2H3,(H2,18,19,20);1H. The van der Waals surface area contributed by atoms with E-state index in [2.05, 4.69) is 15.6 Å². The normalized spacial score (nSPS) is 10.6. The van der Waals surface area contributed by atoms with E-state index in [1.54, 1.807) is 32.4 Å². The number of rotatable bonds is 5. The SMILES string of the molecule is CN=C(NCc1ccccc1)NCc1cc(OC)ccc1O.I. The van der Waals surface area contributed by atoms with Gasteiger partial charge >= 0.3 is 0 Å². The molecule has 0 saturated carbocycles. The van der Waals surface area contributed by atoms with Gasteiger partial charge in [0.15, 0.2) is 5.96 Å². The van der Waals surface area contributed by atoms with Crippen molar-refractivity contribution in [1.29, 1.82) is 0 Å².